The van der Waals surface area contributed by atoms with Crippen LogP contribution in [-0.2, 0) is 10.1 Å². The molecule has 0 amide bonds. The van der Waals surface area contributed by atoms with Crippen LogP contribution >= 0.6 is 0 Å². The van der Waals surface area contributed by atoms with Crippen LogP contribution in [0.25, 0.3) is 10.8 Å². The number of phenolic OH excluding ortho intramolecular Hbond substituents is 1. The Morgan fingerprint density at radius 1 is 0.920 bits per heavy atom. The fraction of sp³-hybridized carbons (Fsp3) is 0. The number of phenols is 1. The Hall–Kier alpha value is -3.17. The van der Waals surface area contributed by atoms with Crippen LogP contribution in [0, 0.1) is 0 Å². The molecule has 8 nitrogen and oxygen atoms in total. The quantitative estimate of drug-likeness (QED) is 0.320. The highest BCUT2D eigenvalue weighted by Gasteiger charge is 2.16. The van der Waals surface area contributed by atoms with E-state index in [1.165, 1.54) is 18.2 Å². The number of nitrogen functional groups attached to an aromatic ring is 2. The zero-order valence-electron chi connectivity index (χ0n) is 12.8. The fourth-order valence-electron chi connectivity index (χ4n) is 2.32. The van der Waals surface area contributed by atoms with Gasteiger partial charge in [0.15, 0.2) is 0 Å². The number of rotatable bonds is 3. The first kappa shape index (κ1) is 16.7. The third kappa shape index (κ3) is 3.37. The number of nitrogens with two attached hydrogens (primary N) is 2. The molecule has 0 heterocycles. The SMILES string of the molecule is Nc1ccc(N=Nc2c(N)ccc3cc(S(=O)(=O)O)cc(O)c23)cc1. The van der Waals surface area contributed by atoms with Gasteiger partial charge in [-0.1, -0.05) is 6.07 Å². The highest BCUT2D eigenvalue weighted by atomic mass is 32.2. The molecule has 6 N–H and O–H groups in total. The van der Waals surface area contributed by atoms with Crippen LogP contribution < -0.4 is 11.5 Å². The average molecular weight is 358 g/mol. The molecule has 0 fully saturated rings. The smallest absolute Gasteiger partial charge is 0.294 e. The van der Waals surface area contributed by atoms with Crippen LogP contribution in [0.4, 0.5) is 22.7 Å². The largest absolute Gasteiger partial charge is 0.507 e. The van der Waals surface area contributed by atoms with Crippen molar-refractivity contribution in [1.29, 1.82) is 0 Å². The van der Waals surface area contributed by atoms with Crippen molar-refractivity contribution in [1.82, 2.24) is 0 Å². The van der Waals surface area contributed by atoms with Gasteiger partial charge in [-0.25, -0.2) is 0 Å². The molecule has 0 aromatic heterocycles. The molecule has 25 heavy (non-hydrogen) atoms. The lowest BCUT2D eigenvalue weighted by atomic mass is 10.1. The monoisotopic (exact) mass is 358 g/mol. The maximum atomic E-state index is 11.3. The molecule has 0 aliphatic carbocycles. The van der Waals surface area contributed by atoms with E-state index in [4.69, 9.17) is 16.0 Å². The summed E-state index contributed by atoms with van der Waals surface area (Å²) < 4.78 is 31.7. The van der Waals surface area contributed by atoms with Crippen LogP contribution in [0.1, 0.15) is 0 Å². The second kappa shape index (κ2) is 6.04. The molecule has 3 rings (SSSR count). The molecule has 3 aromatic carbocycles. The van der Waals surface area contributed by atoms with Crippen LogP contribution in [-0.4, -0.2) is 18.1 Å². The van der Waals surface area contributed by atoms with Gasteiger partial charge >= 0.3 is 0 Å². The first-order valence-corrected chi connectivity index (χ1v) is 8.50. The summed E-state index contributed by atoms with van der Waals surface area (Å²) >= 11 is 0. The van der Waals surface area contributed by atoms with E-state index in [9.17, 15) is 13.5 Å². The lowest BCUT2D eigenvalue weighted by Gasteiger charge is -2.08. The Morgan fingerprint density at radius 2 is 1.60 bits per heavy atom. The van der Waals surface area contributed by atoms with E-state index in [2.05, 4.69) is 10.2 Å². The number of hydrogen-bond acceptors (Lipinski definition) is 7. The number of hydrogen-bond donors (Lipinski definition) is 4. The minimum Gasteiger partial charge on any atom is -0.507 e. The lowest BCUT2D eigenvalue weighted by Crippen LogP contribution is -1.98. The molecular weight excluding hydrogens is 344 g/mol. The normalized spacial score (nSPS) is 12.0. The molecule has 0 aliphatic heterocycles. The van der Waals surface area contributed by atoms with Crippen molar-refractivity contribution < 1.29 is 18.1 Å². The average Bonchev–Trinajstić information content (AvgIpc) is 2.54. The van der Waals surface area contributed by atoms with Crippen molar-refractivity contribution in [2.24, 2.45) is 10.2 Å². The molecule has 0 saturated heterocycles. The maximum Gasteiger partial charge on any atom is 0.294 e. The first-order valence-electron chi connectivity index (χ1n) is 7.05. The second-order valence-corrected chi connectivity index (χ2v) is 6.73. The van der Waals surface area contributed by atoms with Gasteiger partial charge in [0, 0.05) is 11.8 Å². The Labute approximate surface area is 143 Å². The summed E-state index contributed by atoms with van der Waals surface area (Å²) in [5.41, 5.74) is 13.1. The van der Waals surface area contributed by atoms with E-state index in [1.54, 1.807) is 24.3 Å². The summed E-state index contributed by atoms with van der Waals surface area (Å²) in [6.07, 6.45) is 0. The molecular formula is C16H14N4O4S. The van der Waals surface area contributed by atoms with E-state index in [1.807, 2.05) is 0 Å². The number of azo groups is 1. The molecule has 0 bridgehead atoms. The van der Waals surface area contributed by atoms with Crippen LogP contribution in [0.3, 0.4) is 0 Å². The van der Waals surface area contributed by atoms with Gasteiger partial charge in [-0.2, -0.15) is 13.5 Å². The summed E-state index contributed by atoms with van der Waals surface area (Å²) in [7, 11) is -4.46. The minimum atomic E-state index is -4.46. The summed E-state index contributed by atoms with van der Waals surface area (Å²) in [5, 5.41) is 18.9. The molecule has 128 valence electrons. The third-order valence-corrected chi connectivity index (χ3v) is 4.36. The minimum absolute atomic E-state index is 0.189. The lowest BCUT2D eigenvalue weighted by molar-refractivity contribution is 0.471. The molecule has 0 atom stereocenters. The van der Waals surface area contributed by atoms with Gasteiger partial charge in [0.2, 0.25) is 0 Å². The first-order chi connectivity index (χ1) is 11.8. The third-order valence-electron chi connectivity index (χ3n) is 3.53. The predicted molar refractivity (Wildman–Crippen MR) is 94.9 cm³/mol. The van der Waals surface area contributed by atoms with Crippen LogP contribution in [0.15, 0.2) is 63.7 Å². The van der Waals surface area contributed by atoms with E-state index in [0.29, 0.717) is 16.8 Å². The second-order valence-electron chi connectivity index (χ2n) is 5.31. The van der Waals surface area contributed by atoms with E-state index in [0.717, 1.165) is 6.07 Å². The van der Waals surface area contributed by atoms with E-state index >= 15 is 0 Å². The highest BCUT2D eigenvalue weighted by Crippen LogP contribution is 2.40. The van der Waals surface area contributed by atoms with Gasteiger partial charge in [0.1, 0.15) is 11.4 Å². The van der Waals surface area contributed by atoms with Crippen LogP contribution in [0.5, 0.6) is 5.75 Å². The van der Waals surface area contributed by atoms with Crippen molar-refractivity contribution in [3.05, 3.63) is 48.5 Å². The highest BCUT2D eigenvalue weighted by molar-refractivity contribution is 7.85. The predicted octanol–water partition coefficient (Wildman–Crippen LogP) is 3.37. The number of anilines is 2. The summed E-state index contributed by atoms with van der Waals surface area (Å²) in [6, 6.07) is 11.8. The zero-order valence-corrected chi connectivity index (χ0v) is 13.6. The number of fused-ring (bicyclic) bond motifs is 1. The standard InChI is InChI=1S/C16H14N4O4S/c17-10-2-4-11(5-3-10)19-20-16-13(18)6-1-9-7-12(25(22,23)24)8-14(21)15(9)16/h1-8,21H,17-18H2,(H,22,23,24). The van der Waals surface area contributed by atoms with Gasteiger partial charge < -0.3 is 16.6 Å². The van der Waals surface area contributed by atoms with E-state index < -0.39 is 15.0 Å². The fourth-order valence-corrected chi connectivity index (χ4v) is 2.86. The number of benzene rings is 3. The summed E-state index contributed by atoms with van der Waals surface area (Å²) in [6.45, 7) is 0. The molecule has 0 saturated carbocycles. The van der Waals surface area contributed by atoms with Crippen LogP contribution in [0.2, 0.25) is 0 Å². The Morgan fingerprint density at radius 3 is 2.24 bits per heavy atom. The van der Waals surface area contributed by atoms with Gasteiger partial charge in [-0.3, -0.25) is 4.55 Å². The van der Waals surface area contributed by atoms with Gasteiger partial charge in [0.25, 0.3) is 10.1 Å². The van der Waals surface area contributed by atoms with Crippen molar-refractivity contribution in [3.63, 3.8) is 0 Å². The summed E-state index contributed by atoms with van der Waals surface area (Å²) in [4.78, 5) is -0.427. The maximum absolute atomic E-state index is 11.3. The Balaban J connectivity index is 2.17. The van der Waals surface area contributed by atoms with Crippen molar-refractivity contribution in [3.8, 4) is 5.75 Å². The Bertz CT molecular complexity index is 1090. The van der Waals surface area contributed by atoms with E-state index in [-0.39, 0.29) is 22.5 Å². The number of aromatic hydroxyl groups is 1. The Kier molecular flexibility index (Phi) is 4.03. The van der Waals surface area contributed by atoms with Crippen molar-refractivity contribution in [2.75, 3.05) is 11.5 Å². The molecule has 0 radical (unpaired) electrons. The van der Waals surface area contributed by atoms with Gasteiger partial charge in [0.05, 0.1) is 21.7 Å². The molecule has 3 aromatic rings. The topological polar surface area (TPSA) is 151 Å². The van der Waals surface area contributed by atoms with Gasteiger partial charge in [-0.15, -0.1) is 5.11 Å². The van der Waals surface area contributed by atoms with Crippen molar-refractivity contribution in [2.45, 2.75) is 4.90 Å². The molecule has 9 heteroatoms. The summed E-state index contributed by atoms with van der Waals surface area (Å²) in [5.74, 6) is -0.385. The molecule has 0 unspecified atom stereocenters. The molecule has 0 spiro atoms. The van der Waals surface area contributed by atoms with Crippen molar-refractivity contribution >= 4 is 43.6 Å². The molecule has 0 aliphatic rings. The van der Waals surface area contributed by atoms with Gasteiger partial charge in [-0.05, 0) is 41.8 Å². The number of nitrogens with zero attached hydrogens (tertiary/aromatic N) is 2. The zero-order chi connectivity index (χ0) is 18.2.